The molecule has 0 spiro atoms. The normalized spacial score (nSPS) is 31.0. The molecule has 2 fully saturated rings. The van der Waals surface area contributed by atoms with E-state index in [1.807, 2.05) is 0 Å². The topological polar surface area (TPSA) is 9.23 Å². The van der Waals surface area contributed by atoms with Gasteiger partial charge >= 0.3 is 0 Å². The molecule has 0 aromatic carbocycles. The maximum Gasteiger partial charge on any atom is 0.0575 e. The van der Waals surface area contributed by atoms with E-state index < -0.39 is 0 Å². The van der Waals surface area contributed by atoms with Gasteiger partial charge in [0.25, 0.3) is 0 Å². The van der Waals surface area contributed by atoms with Gasteiger partial charge in [0.15, 0.2) is 0 Å². The Balaban J connectivity index is 1.50. The predicted molar refractivity (Wildman–Crippen MR) is 105 cm³/mol. The SMILES string of the molecule is C=CCCCC1CCC(CCC2CCC(OCCCC)CC2)CC1. The number of hydrogen-bond donors (Lipinski definition) is 0. The lowest BCUT2D eigenvalue weighted by Crippen LogP contribution is -2.23. The van der Waals surface area contributed by atoms with Crippen molar-refractivity contribution in [3.05, 3.63) is 12.7 Å². The van der Waals surface area contributed by atoms with Crippen molar-refractivity contribution in [2.45, 2.75) is 109 Å². The molecule has 24 heavy (non-hydrogen) atoms. The van der Waals surface area contributed by atoms with E-state index in [4.69, 9.17) is 4.74 Å². The van der Waals surface area contributed by atoms with Gasteiger partial charge in [-0.3, -0.25) is 0 Å². The maximum absolute atomic E-state index is 6.01. The summed E-state index contributed by atoms with van der Waals surface area (Å²) in [7, 11) is 0. The zero-order valence-corrected chi connectivity index (χ0v) is 16.3. The van der Waals surface area contributed by atoms with Crippen LogP contribution in [0.15, 0.2) is 12.7 Å². The second kappa shape index (κ2) is 12.1. The summed E-state index contributed by atoms with van der Waals surface area (Å²) in [6.45, 7) is 7.07. The van der Waals surface area contributed by atoms with Crippen LogP contribution in [-0.2, 0) is 4.74 Å². The number of ether oxygens (including phenoxy) is 1. The summed E-state index contributed by atoms with van der Waals surface area (Å²) in [6, 6.07) is 0. The third kappa shape index (κ3) is 7.72. The summed E-state index contributed by atoms with van der Waals surface area (Å²) in [5, 5.41) is 0. The molecule has 2 saturated carbocycles. The fourth-order valence-corrected chi connectivity index (χ4v) is 4.81. The summed E-state index contributed by atoms with van der Waals surface area (Å²) in [5.41, 5.74) is 0. The van der Waals surface area contributed by atoms with Crippen molar-refractivity contribution in [1.82, 2.24) is 0 Å². The minimum absolute atomic E-state index is 0.582. The van der Waals surface area contributed by atoms with Gasteiger partial charge in [-0.1, -0.05) is 64.4 Å². The third-order valence-electron chi connectivity index (χ3n) is 6.62. The van der Waals surface area contributed by atoms with Crippen LogP contribution in [0.4, 0.5) is 0 Å². The van der Waals surface area contributed by atoms with Crippen molar-refractivity contribution >= 4 is 0 Å². The second-order valence-corrected chi connectivity index (χ2v) is 8.55. The van der Waals surface area contributed by atoms with Crippen molar-refractivity contribution in [3.63, 3.8) is 0 Å². The van der Waals surface area contributed by atoms with E-state index in [1.165, 1.54) is 96.3 Å². The Bertz CT molecular complexity index is 308. The van der Waals surface area contributed by atoms with Crippen LogP contribution in [0.2, 0.25) is 0 Å². The Morgan fingerprint density at radius 1 is 0.792 bits per heavy atom. The first-order chi connectivity index (χ1) is 11.8. The minimum Gasteiger partial charge on any atom is -0.378 e. The summed E-state index contributed by atoms with van der Waals surface area (Å²) in [5.74, 6) is 3.07. The minimum atomic E-state index is 0.582. The Hall–Kier alpha value is -0.300. The van der Waals surface area contributed by atoms with Gasteiger partial charge in [0, 0.05) is 6.61 Å². The Morgan fingerprint density at radius 2 is 1.33 bits per heavy atom. The molecule has 0 unspecified atom stereocenters. The van der Waals surface area contributed by atoms with Crippen molar-refractivity contribution in [1.29, 1.82) is 0 Å². The summed E-state index contributed by atoms with van der Waals surface area (Å²) in [4.78, 5) is 0. The van der Waals surface area contributed by atoms with E-state index in [9.17, 15) is 0 Å². The molecule has 0 bridgehead atoms. The molecule has 2 aliphatic rings. The van der Waals surface area contributed by atoms with Crippen molar-refractivity contribution in [2.24, 2.45) is 17.8 Å². The molecule has 0 heterocycles. The zero-order chi connectivity index (χ0) is 17.0. The van der Waals surface area contributed by atoms with Crippen LogP contribution in [0.5, 0.6) is 0 Å². The maximum atomic E-state index is 6.01. The van der Waals surface area contributed by atoms with Crippen molar-refractivity contribution in [3.8, 4) is 0 Å². The molecule has 0 aromatic rings. The zero-order valence-electron chi connectivity index (χ0n) is 16.3. The summed E-state index contributed by atoms with van der Waals surface area (Å²) >= 11 is 0. The predicted octanol–water partition coefficient (Wildman–Crippen LogP) is 7.30. The highest BCUT2D eigenvalue weighted by Crippen LogP contribution is 2.37. The molecule has 0 radical (unpaired) electrons. The molecule has 0 N–H and O–H groups in total. The molecule has 0 aromatic heterocycles. The summed E-state index contributed by atoms with van der Waals surface area (Å²) in [6.07, 6.45) is 23.7. The highest BCUT2D eigenvalue weighted by atomic mass is 16.5. The van der Waals surface area contributed by atoms with Gasteiger partial charge in [0.1, 0.15) is 0 Å². The van der Waals surface area contributed by atoms with Crippen LogP contribution in [0.1, 0.15) is 103 Å². The molecule has 0 amide bonds. The molecule has 1 heteroatoms. The molecule has 0 aliphatic heterocycles. The van der Waals surface area contributed by atoms with Crippen molar-refractivity contribution < 1.29 is 4.74 Å². The molecule has 2 aliphatic carbocycles. The van der Waals surface area contributed by atoms with E-state index in [0.29, 0.717) is 6.10 Å². The van der Waals surface area contributed by atoms with Crippen LogP contribution >= 0.6 is 0 Å². The monoisotopic (exact) mass is 334 g/mol. The third-order valence-corrected chi connectivity index (χ3v) is 6.62. The fourth-order valence-electron chi connectivity index (χ4n) is 4.81. The van der Waals surface area contributed by atoms with Crippen LogP contribution in [-0.4, -0.2) is 12.7 Å². The van der Waals surface area contributed by atoms with Crippen LogP contribution < -0.4 is 0 Å². The highest BCUT2D eigenvalue weighted by molar-refractivity contribution is 4.77. The number of rotatable bonds is 11. The van der Waals surface area contributed by atoms with E-state index in [-0.39, 0.29) is 0 Å². The molecule has 0 saturated heterocycles. The number of allylic oxidation sites excluding steroid dienone is 1. The lowest BCUT2D eigenvalue weighted by molar-refractivity contribution is 0.0150. The van der Waals surface area contributed by atoms with Gasteiger partial charge in [-0.2, -0.15) is 0 Å². The number of unbranched alkanes of at least 4 members (excludes halogenated alkanes) is 2. The van der Waals surface area contributed by atoms with Crippen LogP contribution in [0.3, 0.4) is 0 Å². The average molecular weight is 335 g/mol. The Labute approximate surface area is 151 Å². The standard InChI is InChI=1S/C23H42O/c1-3-5-7-8-20-9-11-21(12-10-20)13-14-22-15-17-23(18-16-22)24-19-6-4-2/h3,20-23H,1,4-19H2,2H3. The molecule has 2 rings (SSSR count). The van der Waals surface area contributed by atoms with Gasteiger partial charge < -0.3 is 4.74 Å². The quantitative estimate of drug-likeness (QED) is 0.284. The lowest BCUT2D eigenvalue weighted by Gasteiger charge is -2.32. The Morgan fingerprint density at radius 3 is 1.88 bits per heavy atom. The van der Waals surface area contributed by atoms with E-state index in [2.05, 4.69) is 19.6 Å². The second-order valence-electron chi connectivity index (χ2n) is 8.55. The van der Waals surface area contributed by atoms with Gasteiger partial charge in [-0.25, -0.2) is 0 Å². The number of hydrogen-bond acceptors (Lipinski definition) is 1. The molecule has 1 nitrogen and oxygen atoms in total. The van der Waals surface area contributed by atoms with E-state index in [1.54, 1.807) is 0 Å². The van der Waals surface area contributed by atoms with Crippen LogP contribution in [0, 0.1) is 17.8 Å². The molecular weight excluding hydrogens is 292 g/mol. The first-order valence-corrected chi connectivity index (χ1v) is 11.0. The van der Waals surface area contributed by atoms with E-state index in [0.717, 1.165) is 24.4 Å². The fraction of sp³-hybridized carbons (Fsp3) is 0.913. The molecule has 140 valence electrons. The van der Waals surface area contributed by atoms with Gasteiger partial charge in [0.05, 0.1) is 6.10 Å². The lowest BCUT2D eigenvalue weighted by atomic mass is 9.76. The van der Waals surface area contributed by atoms with E-state index >= 15 is 0 Å². The largest absolute Gasteiger partial charge is 0.378 e. The van der Waals surface area contributed by atoms with Gasteiger partial charge in [-0.05, 0) is 62.7 Å². The molecular formula is C23H42O. The Kier molecular flexibility index (Phi) is 10.1. The van der Waals surface area contributed by atoms with Crippen LogP contribution in [0.25, 0.3) is 0 Å². The first-order valence-electron chi connectivity index (χ1n) is 11.0. The van der Waals surface area contributed by atoms with Gasteiger partial charge in [0.2, 0.25) is 0 Å². The summed E-state index contributed by atoms with van der Waals surface area (Å²) < 4.78 is 6.01. The van der Waals surface area contributed by atoms with Crippen molar-refractivity contribution in [2.75, 3.05) is 6.61 Å². The molecule has 0 atom stereocenters. The first kappa shape index (κ1) is 20.0. The smallest absolute Gasteiger partial charge is 0.0575 e. The highest BCUT2D eigenvalue weighted by Gasteiger charge is 2.24. The average Bonchev–Trinajstić information content (AvgIpc) is 2.63. The van der Waals surface area contributed by atoms with Gasteiger partial charge in [-0.15, -0.1) is 6.58 Å².